The molecule has 2 saturated heterocycles. The molecule has 2 aliphatic heterocycles. The van der Waals surface area contributed by atoms with Crippen LogP contribution in [-0.4, -0.2) is 69.3 Å². The number of likely N-dealkylation sites (tertiary alicyclic amines) is 1. The Morgan fingerprint density at radius 2 is 1.69 bits per heavy atom. The number of benzene rings is 1. The van der Waals surface area contributed by atoms with Crippen molar-refractivity contribution in [2.24, 2.45) is 5.92 Å². The number of piperazine rings is 1. The second kappa shape index (κ2) is 9.58. The first-order valence-electron chi connectivity index (χ1n) is 11.0. The summed E-state index contributed by atoms with van der Waals surface area (Å²) in [6.45, 7) is 11.0. The van der Waals surface area contributed by atoms with Crippen molar-refractivity contribution >= 4 is 15.9 Å². The number of carbonyl (C=O) groups excluding carboxylic acids is 1. The molecule has 6 nitrogen and oxygen atoms in total. The van der Waals surface area contributed by atoms with E-state index in [-0.39, 0.29) is 5.91 Å². The van der Waals surface area contributed by atoms with Gasteiger partial charge >= 0.3 is 0 Å². The van der Waals surface area contributed by atoms with Crippen molar-refractivity contribution in [1.82, 2.24) is 9.21 Å². The highest BCUT2D eigenvalue weighted by molar-refractivity contribution is 7.89. The van der Waals surface area contributed by atoms with E-state index in [0.717, 1.165) is 32.4 Å². The summed E-state index contributed by atoms with van der Waals surface area (Å²) in [4.78, 5) is 16.1. The first-order chi connectivity index (χ1) is 13.8. The molecule has 0 aliphatic carbocycles. The molecule has 0 saturated carbocycles. The standard InChI is InChI=1S/C22H35N3O3S/c1-4-19(3)20-5-7-21(8-6-20)29(27,28)25-15-13-23(14-16-25)17-22(26)24-11-9-18(2)10-12-24/h5-8,18-19H,4,9-17H2,1-3H3/p+1/t19-/m0/s1. The topological polar surface area (TPSA) is 62.1 Å². The largest absolute Gasteiger partial charge is 0.338 e. The molecule has 1 N–H and O–H groups in total. The maximum atomic E-state index is 13.0. The van der Waals surface area contributed by atoms with Crippen molar-refractivity contribution in [3.8, 4) is 0 Å². The molecule has 1 atom stereocenters. The number of quaternary nitrogens is 1. The number of rotatable bonds is 6. The predicted molar refractivity (Wildman–Crippen MR) is 114 cm³/mol. The van der Waals surface area contributed by atoms with Gasteiger partial charge in [-0.25, -0.2) is 8.42 Å². The highest BCUT2D eigenvalue weighted by Crippen LogP contribution is 2.22. The minimum atomic E-state index is -3.47. The molecule has 1 amide bonds. The monoisotopic (exact) mass is 422 g/mol. The van der Waals surface area contributed by atoms with Gasteiger partial charge in [0.15, 0.2) is 6.54 Å². The van der Waals surface area contributed by atoms with Gasteiger partial charge in [0.05, 0.1) is 31.1 Å². The first kappa shape index (κ1) is 22.2. The summed E-state index contributed by atoms with van der Waals surface area (Å²) < 4.78 is 27.5. The van der Waals surface area contributed by atoms with Crippen LogP contribution in [0.25, 0.3) is 0 Å². The first-order valence-corrected chi connectivity index (χ1v) is 12.5. The summed E-state index contributed by atoms with van der Waals surface area (Å²) >= 11 is 0. The lowest BCUT2D eigenvalue weighted by Gasteiger charge is -2.34. The number of nitrogens with one attached hydrogen (secondary N) is 1. The third-order valence-corrected chi connectivity index (χ3v) is 8.58. The van der Waals surface area contributed by atoms with E-state index in [1.165, 1.54) is 10.5 Å². The van der Waals surface area contributed by atoms with Gasteiger partial charge in [0, 0.05) is 13.1 Å². The summed E-state index contributed by atoms with van der Waals surface area (Å²) in [5.41, 5.74) is 1.17. The van der Waals surface area contributed by atoms with E-state index in [1.54, 1.807) is 16.4 Å². The van der Waals surface area contributed by atoms with E-state index in [0.29, 0.717) is 49.5 Å². The molecule has 29 heavy (non-hydrogen) atoms. The van der Waals surface area contributed by atoms with E-state index in [2.05, 4.69) is 20.8 Å². The fourth-order valence-corrected chi connectivity index (χ4v) is 5.60. The molecule has 2 heterocycles. The molecule has 0 aromatic heterocycles. The molecule has 2 fully saturated rings. The van der Waals surface area contributed by atoms with Gasteiger partial charge in [-0.05, 0) is 48.8 Å². The van der Waals surface area contributed by atoms with Gasteiger partial charge < -0.3 is 9.80 Å². The van der Waals surface area contributed by atoms with Crippen molar-refractivity contribution in [2.45, 2.75) is 50.8 Å². The molecule has 0 spiro atoms. The molecule has 1 aromatic rings. The molecule has 162 valence electrons. The Balaban J connectivity index is 1.53. The molecule has 3 rings (SSSR count). The number of piperidine rings is 1. The quantitative estimate of drug-likeness (QED) is 0.753. The van der Waals surface area contributed by atoms with Gasteiger partial charge in [-0.3, -0.25) is 4.79 Å². The van der Waals surface area contributed by atoms with Gasteiger partial charge in [0.25, 0.3) is 5.91 Å². The van der Waals surface area contributed by atoms with Crippen LogP contribution >= 0.6 is 0 Å². The normalized spacial score (nSPS) is 21.3. The lowest BCUT2D eigenvalue weighted by atomic mass is 9.99. The zero-order chi connectivity index (χ0) is 21.0. The summed E-state index contributed by atoms with van der Waals surface area (Å²) in [5.74, 6) is 1.35. The summed E-state index contributed by atoms with van der Waals surface area (Å²) in [6, 6.07) is 7.33. The van der Waals surface area contributed by atoms with Crippen molar-refractivity contribution < 1.29 is 18.1 Å². The summed E-state index contributed by atoms with van der Waals surface area (Å²) in [7, 11) is -3.47. The lowest BCUT2D eigenvalue weighted by molar-refractivity contribution is -0.896. The third kappa shape index (κ3) is 5.38. The number of carbonyl (C=O) groups is 1. The van der Waals surface area contributed by atoms with Crippen LogP contribution in [-0.2, 0) is 14.8 Å². The van der Waals surface area contributed by atoms with E-state index in [1.807, 2.05) is 17.0 Å². The van der Waals surface area contributed by atoms with Crippen LogP contribution in [0.15, 0.2) is 29.2 Å². The Hall–Kier alpha value is -1.44. The zero-order valence-electron chi connectivity index (χ0n) is 18.1. The molecule has 2 aliphatic rings. The van der Waals surface area contributed by atoms with Crippen LogP contribution in [0.3, 0.4) is 0 Å². The van der Waals surface area contributed by atoms with Gasteiger partial charge in [0.2, 0.25) is 10.0 Å². The van der Waals surface area contributed by atoms with Crippen LogP contribution < -0.4 is 4.90 Å². The molecule has 7 heteroatoms. The van der Waals surface area contributed by atoms with Crippen LogP contribution in [0.1, 0.15) is 51.5 Å². The second-order valence-corrected chi connectivity index (χ2v) is 10.7. The molecule has 0 radical (unpaired) electrons. The molecule has 1 aromatic carbocycles. The van der Waals surface area contributed by atoms with Crippen LogP contribution in [0.2, 0.25) is 0 Å². The van der Waals surface area contributed by atoms with Gasteiger partial charge in [-0.2, -0.15) is 4.31 Å². The second-order valence-electron chi connectivity index (χ2n) is 8.77. The van der Waals surface area contributed by atoms with Crippen molar-refractivity contribution in [3.05, 3.63) is 29.8 Å². The number of nitrogens with zero attached hydrogens (tertiary/aromatic N) is 2. The van der Waals surface area contributed by atoms with Gasteiger partial charge in [-0.1, -0.05) is 32.9 Å². The smallest absolute Gasteiger partial charge is 0.277 e. The van der Waals surface area contributed by atoms with E-state index in [9.17, 15) is 13.2 Å². The van der Waals surface area contributed by atoms with Crippen LogP contribution in [0, 0.1) is 5.92 Å². The average molecular weight is 423 g/mol. The van der Waals surface area contributed by atoms with Crippen LogP contribution in [0.4, 0.5) is 0 Å². The van der Waals surface area contributed by atoms with Crippen molar-refractivity contribution in [2.75, 3.05) is 45.8 Å². The molecular formula is C22H36N3O3S+. The Kier molecular flexibility index (Phi) is 7.35. The number of hydrogen-bond acceptors (Lipinski definition) is 3. The Morgan fingerprint density at radius 3 is 2.24 bits per heavy atom. The summed E-state index contributed by atoms with van der Waals surface area (Å²) in [6.07, 6.45) is 3.21. The van der Waals surface area contributed by atoms with E-state index >= 15 is 0 Å². The number of hydrogen-bond donors (Lipinski definition) is 1. The average Bonchev–Trinajstić information content (AvgIpc) is 2.74. The lowest BCUT2D eigenvalue weighted by Crippen LogP contribution is -3.15. The van der Waals surface area contributed by atoms with Crippen molar-refractivity contribution in [1.29, 1.82) is 0 Å². The number of amides is 1. The van der Waals surface area contributed by atoms with E-state index in [4.69, 9.17) is 0 Å². The number of sulfonamides is 1. The minimum Gasteiger partial charge on any atom is -0.338 e. The Labute approximate surface area is 175 Å². The zero-order valence-corrected chi connectivity index (χ0v) is 18.9. The maximum absolute atomic E-state index is 13.0. The molecule has 0 bridgehead atoms. The maximum Gasteiger partial charge on any atom is 0.277 e. The Morgan fingerprint density at radius 1 is 1.10 bits per heavy atom. The fourth-order valence-electron chi connectivity index (χ4n) is 4.16. The Bertz CT molecular complexity index is 778. The van der Waals surface area contributed by atoms with Crippen molar-refractivity contribution in [3.63, 3.8) is 0 Å². The summed E-state index contributed by atoms with van der Waals surface area (Å²) in [5, 5.41) is 0. The molecule has 0 unspecified atom stereocenters. The van der Waals surface area contributed by atoms with Gasteiger partial charge in [-0.15, -0.1) is 0 Å². The SMILES string of the molecule is CC[C@H](C)c1ccc(S(=O)(=O)N2CC[NH+](CC(=O)N3CCC(C)CC3)CC2)cc1. The fraction of sp³-hybridized carbons (Fsp3) is 0.682. The minimum absolute atomic E-state index is 0.212. The predicted octanol–water partition coefficient (Wildman–Crippen LogP) is 1.35. The highest BCUT2D eigenvalue weighted by atomic mass is 32.2. The molecular weight excluding hydrogens is 386 g/mol. The highest BCUT2D eigenvalue weighted by Gasteiger charge is 2.32. The van der Waals surface area contributed by atoms with Gasteiger partial charge in [0.1, 0.15) is 0 Å². The third-order valence-electron chi connectivity index (χ3n) is 6.67. The van der Waals surface area contributed by atoms with Crippen LogP contribution in [0.5, 0.6) is 0 Å². The van der Waals surface area contributed by atoms with E-state index < -0.39 is 10.0 Å².